The zero-order valence-corrected chi connectivity index (χ0v) is 11.7. The summed E-state index contributed by atoms with van der Waals surface area (Å²) in [6.45, 7) is 2.09. The van der Waals surface area contributed by atoms with Crippen LogP contribution in [0.25, 0.3) is 0 Å². The number of nitrogens with one attached hydrogen (secondary N) is 1. The molecular weight excluding hydrogens is 266 g/mol. The number of hydrogen-bond acceptors (Lipinski definition) is 6. The number of nitrogen functional groups attached to an aromatic ring is 1. The maximum atomic E-state index is 11.2. The number of carbonyl (C=O) groups excluding carboxylic acids is 1. The summed E-state index contributed by atoms with van der Waals surface area (Å²) in [5.74, 6) is 0.688. The summed E-state index contributed by atoms with van der Waals surface area (Å²) in [6.07, 6.45) is 2.56. The summed E-state index contributed by atoms with van der Waals surface area (Å²) in [6, 6.07) is 0. The van der Waals surface area contributed by atoms with E-state index >= 15 is 0 Å². The van der Waals surface area contributed by atoms with Crippen LogP contribution in [-0.4, -0.2) is 32.8 Å². The van der Waals surface area contributed by atoms with Crippen LogP contribution < -0.4 is 21.5 Å². The fourth-order valence-corrected chi connectivity index (χ4v) is 2.67. The van der Waals surface area contributed by atoms with Crippen molar-refractivity contribution in [2.24, 2.45) is 11.7 Å². The van der Waals surface area contributed by atoms with Crippen molar-refractivity contribution in [1.29, 1.82) is 0 Å². The molecule has 0 unspecified atom stereocenters. The predicted molar refractivity (Wildman–Crippen MR) is 75.8 cm³/mol. The van der Waals surface area contributed by atoms with Gasteiger partial charge in [0.05, 0.1) is 13.7 Å². The van der Waals surface area contributed by atoms with Gasteiger partial charge in [0.25, 0.3) is 5.91 Å². The standard InChI is InChI=1S/C12H19N3O3S/c1-17-9-8(13)10(11(14)16)19-12(9)15-4-5-18-6-7-2-3-7/h7,15H,2-6,13H2,1H3,(H2,14,16). The third-order valence-corrected chi connectivity index (χ3v) is 4.07. The zero-order valence-electron chi connectivity index (χ0n) is 10.9. The van der Waals surface area contributed by atoms with Crippen LogP contribution in [0.2, 0.25) is 0 Å². The lowest BCUT2D eigenvalue weighted by Crippen LogP contribution is -2.10. The molecule has 0 atom stereocenters. The number of thiophene rings is 1. The Balaban J connectivity index is 1.87. The van der Waals surface area contributed by atoms with Gasteiger partial charge in [-0.25, -0.2) is 0 Å². The number of anilines is 2. The molecule has 106 valence electrons. The Morgan fingerprint density at radius 1 is 1.53 bits per heavy atom. The smallest absolute Gasteiger partial charge is 0.261 e. The van der Waals surface area contributed by atoms with Crippen LogP contribution in [0.5, 0.6) is 5.75 Å². The number of amides is 1. The normalized spacial score (nSPS) is 14.4. The maximum Gasteiger partial charge on any atom is 0.261 e. The minimum absolute atomic E-state index is 0.293. The largest absolute Gasteiger partial charge is 0.492 e. The third-order valence-electron chi connectivity index (χ3n) is 2.91. The lowest BCUT2D eigenvalue weighted by atomic mass is 10.3. The van der Waals surface area contributed by atoms with Crippen molar-refractivity contribution >= 4 is 27.9 Å². The minimum atomic E-state index is -0.543. The molecule has 1 aromatic heterocycles. The SMILES string of the molecule is COc1c(NCCOCC2CC2)sc(C(N)=O)c1N. The van der Waals surface area contributed by atoms with Crippen LogP contribution in [0.1, 0.15) is 22.5 Å². The molecule has 1 aromatic rings. The number of ether oxygens (including phenoxy) is 2. The molecule has 0 aliphatic heterocycles. The van der Waals surface area contributed by atoms with Crippen molar-refractivity contribution in [2.75, 3.05) is 37.9 Å². The van der Waals surface area contributed by atoms with Crippen LogP contribution in [0.3, 0.4) is 0 Å². The molecule has 0 spiro atoms. The molecule has 1 saturated carbocycles. The highest BCUT2D eigenvalue weighted by Gasteiger charge is 2.21. The number of hydrogen-bond donors (Lipinski definition) is 3. The molecule has 0 aromatic carbocycles. The maximum absolute atomic E-state index is 11.2. The van der Waals surface area contributed by atoms with E-state index < -0.39 is 5.91 Å². The number of methoxy groups -OCH3 is 1. The third kappa shape index (κ3) is 3.51. The molecule has 0 bridgehead atoms. The number of carbonyl (C=O) groups is 1. The Hall–Kier alpha value is -1.47. The van der Waals surface area contributed by atoms with E-state index in [1.165, 1.54) is 31.3 Å². The second-order valence-electron chi connectivity index (χ2n) is 4.52. The van der Waals surface area contributed by atoms with E-state index in [1.54, 1.807) is 0 Å². The first kappa shape index (κ1) is 14.0. The molecule has 5 N–H and O–H groups in total. The first-order valence-corrected chi connectivity index (χ1v) is 7.02. The zero-order chi connectivity index (χ0) is 13.8. The minimum Gasteiger partial charge on any atom is -0.492 e. The molecule has 7 heteroatoms. The summed E-state index contributed by atoms with van der Waals surface area (Å²) < 4.78 is 10.7. The van der Waals surface area contributed by atoms with Gasteiger partial charge < -0.3 is 26.3 Å². The Morgan fingerprint density at radius 2 is 2.26 bits per heavy atom. The number of primary amides is 1. The molecule has 2 rings (SSSR count). The molecule has 1 aliphatic rings. The molecule has 19 heavy (non-hydrogen) atoms. The molecular formula is C12H19N3O3S. The highest BCUT2D eigenvalue weighted by molar-refractivity contribution is 7.19. The van der Waals surface area contributed by atoms with Gasteiger partial charge in [0.1, 0.15) is 15.6 Å². The Morgan fingerprint density at radius 3 is 2.84 bits per heavy atom. The van der Waals surface area contributed by atoms with E-state index in [0.29, 0.717) is 34.5 Å². The van der Waals surface area contributed by atoms with Gasteiger partial charge in [-0.2, -0.15) is 0 Å². The monoisotopic (exact) mass is 285 g/mol. The van der Waals surface area contributed by atoms with Gasteiger partial charge in [0.15, 0.2) is 5.75 Å². The first-order chi connectivity index (χ1) is 9.13. The van der Waals surface area contributed by atoms with Crippen molar-refractivity contribution in [3.05, 3.63) is 4.88 Å². The van der Waals surface area contributed by atoms with Crippen LogP contribution in [0.4, 0.5) is 10.7 Å². The van der Waals surface area contributed by atoms with E-state index in [2.05, 4.69) is 5.32 Å². The topological polar surface area (TPSA) is 99.6 Å². The lowest BCUT2D eigenvalue weighted by Gasteiger charge is -2.07. The van der Waals surface area contributed by atoms with Gasteiger partial charge in [-0.05, 0) is 18.8 Å². The molecule has 1 aliphatic carbocycles. The van der Waals surface area contributed by atoms with Crippen LogP contribution in [0.15, 0.2) is 0 Å². The molecule has 1 heterocycles. The Kier molecular flexibility index (Phi) is 4.49. The first-order valence-electron chi connectivity index (χ1n) is 6.21. The van der Waals surface area contributed by atoms with Crippen LogP contribution in [0, 0.1) is 5.92 Å². The highest BCUT2D eigenvalue weighted by atomic mass is 32.1. The van der Waals surface area contributed by atoms with E-state index in [1.807, 2.05) is 0 Å². The Labute approximate surface area is 116 Å². The van der Waals surface area contributed by atoms with Gasteiger partial charge in [0.2, 0.25) is 0 Å². The van der Waals surface area contributed by atoms with Gasteiger partial charge in [0, 0.05) is 13.2 Å². The lowest BCUT2D eigenvalue weighted by molar-refractivity contribution is 0.100. The van der Waals surface area contributed by atoms with Crippen molar-refractivity contribution in [2.45, 2.75) is 12.8 Å². The van der Waals surface area contributed by atoms with Crippen molar-refractivity contribution in [3.63, 3.8) is 0 Å². The van der Waals surface area contributed by atoms with Gasteiger partial charge >= 0.3 is 0 Å². The predicted octanol–water partition coefficient (Wildman–Crippen LogP) is 1.28. The second-order valence-corrected chi connectivity index (χ2v) is 5.54. The summed E-state index contributed by atoms with van der Waals surface area (Å²) >= 11 is 1.20. The fraction of sp³-hybridized carbons (Fsp3) is 0.583. The van der Waals surface area contributed by atoms with E-state index in [0.717, 1.165) is 12.5 Å². The summed E-state index contributed by atoms with van der Waals surface area (Å²) in [5.41, 5.74) is 11.4. The van der Waals surface area contributed by atoms with Gasteiger partial charge in [-0.15, -0.1) is 11.3 Å². The second kappa shape index (κ2) is 6.12. The summed E-state index contributed by atoms with van der Waals surface area (Å²) in [5, 5.41) is 3.87. The van der Waals surface area contributed by atoms with Gasteiger partial charge in [-0.3, -0.25) is 4.79 Å². The van der Waals surface area contributed by atoms with Gasteiger partial charge in [-0.1, -0.05) is 0 Å². The van der Waals surface area contributed by atoms with E-state index in [4.69, 9.17) is 20.9 Å². The molecule has 1 amide bonds. The average molecular weight is 285 g/mol. The van der Waals surface area contributed by atoms with Crippen molar-refractivity contribution < 1.29 is 14.3 Å². The van der Waals surface area contributed by atoms with Crippen molar-refractivity contribution in [3.8, 4) is 5.75 Å². The molecule has 0 saturated heterocycles. The van der Waals surface area contributed by atoms with Crippen molar-refractivity contribution in [1.82, 2.24) is 0 Å². The summed E-state index contributed by atoms with van der Waals surface area (Å²) in [4.78, 5) is 11.5. The fourth-order valence-electron chi connectivity index (χ4n) is 1.70. The van der Waals surface area contributed by atoms with Crippen LogP contribution in [-0.2, 0) is 4.74 Å². The average Bonchev–Trinajstić information content (AvgIpc) is 3.13. The molecule has 6 nitrogen and oxygen atoms in total. The molecule has 0 radical (unpaired) electrons. The van der Waals surface area contributed by atoms with E-state index in [9.17, 15) is 4.79 Å². The Bertz CT molecular complexity index is 457. The summed E-state index contributed by atoms with van der Waals surface area (Å²) in [7, 11) is 1.51. The number of nitrogens with two attached hydrogens (primary N) is 2. The molecule has 1 fully saturated rings. The van der Waals surface area contributed by atoms with Crippen LogP contribution >= 0.6 is 11.3 Å². The highest BCUT2D eigenvalue weighted by Crippen LogP contribution is 2.42. The number of rotatable bonds is 8. The quantitative estimate of drug-likeness (QED) is 0.625. The van der Waals surface area contributed by atoms with E-state index in [-0.39, 0.29) is 0 Å².